The van der Waals surface area contributed by atoms with Gasteiger partial charge in [0.2, 0.25) is 0 Å². The Kier molecular flexibility index (Phi) is 3.04. The maximum Gasteiger partial charge on any atom is 0.0596 e. The average Bonchev–Trinajstić information content (AvgIpc) is 2.86. The van der Waals surface area contributed by atoms with E-state index in [0.29, 0.717) is 12.1 Å². The Morgan fingerprint density at radius 3 is 2.50 bits per heavy atom. The quantitative estimate of drug-likeness (QED) is 0.888. The lowest BCUT2D eigenvalue weighted by atomic mass is 9.95. The molecule has 1 aliphatic carbocycles. The molecule has 18 heavy (non-hydrogen) atoms. The van der Waals surface area contributed by atoms with E-state index in [-0.39, 0.29) is 5.41 Å². The van der Waals surface area contributed by atoms with Gasteiger partial charge < -0.3 is 5.73 Å². The van der Waals surface area contributed by atoms with E-state index in [1.54, 1.807) is 0 Å². The van der Waals surface area contributed by atoms with Crippen molar-refractivity contribution >= 4 is 11.3 Å². The van der Waals surface area contributed by atoms with Gasteiger partial charge in [-0.2, -0.15) is 0 Å². The summed E-state index contributed by atoms with van der Waals surface area (Å²) in [5, 5.41) is 0. The Hall–Kier alpha value is -0.380. The predicted molar refractivity (Wildman–Crippen MR) is 78.1 cm³/mol. The summed E-state index contributed by atoms with van der Waals surface area (Å²) < 4.78 is 0. The second-order valence-electron chi connectivity index (χ2n) is 6.82. The molecule has 0 aromatic carbocycles. The Bertz CT molecular complexity index is 428. The van der Waals surface area contributed by atoms with E-state index >= 15 is 0 Å². The summed E-state index contributed by atoms with van der Waals surface area (Å²) in [6, 6.07) is 6.26. The lowest BCUT2D eigenvalue weighted by molar-refractivity contribution is 0.240. The van der Waals surface area contributed by atoms with Gasteiger partial charge in [-0.05, 0) is 36.8 Å². The third-order valence-corrected chi connectivity index (χ3v) is 5.74. The lowest BCUT2D eigenvalue weighted by Crippen LogP contribution is -2.32. The number of nitrogens with zero attached hydrogens (tertiary/aromatic N) is 1. The van der Waals surface area contributed by atoms with E-state index in [1.165, 1.54) is 29.1 Å². The molecule has 2 fully saturated rings. The van der Waals surface area contributed by atoms with Gasteiger partial charge >= 0.3 is 0 Å². The second kappa shape index (κ2) is 4.32. The van der Waals surface area contributed by atoms with E-state index in [2.05, 4.69) is 37.8 Å². The molecule has 2 aliphatic rings. The van der Waals surface area contributed by atoms with Crippen molar-refractivity contribution in [2.45, 2.75) is 63.6 Å². The van der Waals surface area contributed by atoms with Crippen molar-refractivity contribution in [1.29, 1.82) is 0 Å². The smallest absolute Gasteiger partial charge is 0.0596 e. The molecule has 0 radical (unpaired) electrons. The third-order valence-electron chi connectivity index (χ3n) is 4.16. The minimum atomic E-state index is 0.260. The van der Waals surface area contributed by atoms with Crippen LogP contribution in [0.5, 0.6) is 0 Å². The molecule has 3 heteroatoms. The zero-order valence-electron chi connectivity index (χ0n) is 11.6. The molecule has 2 N–H and O–H groups in total. The van der Waals surface area contributed by atoms with E-state index in [9.17, 15) is 0 Å². The summed E-state index contributed by atoms with van der Waals surface area (Å²) in [5.74, 6) is 0. The van der Waals surface area contributed by atoms with Crippen molar-refractivity contribution in [3.8, 4) is 0 Å². The average molecular weight is 264 g/mol. The summed E-state index contributed by atoms with van der Waals surface area (Å²) in [4.78, 5) is 5.62. The summed E-state index contributed by atoms with van der Waals surface area (Å²) in [7, 11) is 0. The molecule has 1 saturated heterocycles. The normalized spacial score (nSPS) is 30.0. The molecular weight excluding hydrogens is 240 g/mol. The van der Waals surface area contributed by atoms with E-state index in [4.69, 9.17) is 5.73 Å². The number of nitrogens with two attached hydrogens (primary N) is 1. The SMILES string of the molecule is CC(C)(C)c1ccc(C2C(N)CCN2C2CC2)s1. The minimum absolute atomic E-state index is 0.260. The van der Waals surface area contributed by atoms with Crippen molar-refractivity contribution in [2.24, 2.45) is 5.73 Å². The molecule has 0 amide bonds. The van der Waals surface area contributed by atoms with Crippen LogP contribution in [0.15, 0.2) is 12.1 Å². The number of hydrogen-bond acceptors (Lipinski definition) is 3. The van der Waals surface area contributed by atoms with Crippen molar-refractivity contribution in [2.75, 3.05) is 6.54 Å². The highest BCUT2D eigenvalue weighted by atomic mass is 32.1. The molecular formula is C15H24N2S. The van der Waals surface area contributed by atoms with Crippen molar-refractivity contribution < 1.29 is 0 Å². The molecule has 2 atom stereocenters. The molecule has 2 heterocycles. The largest absolute Gasteiger partial charge is 0.326 e. The predicted octanol–water partition coefficient (Wildman–Crippen LogP) is 3.28. The van der Waals surface area contributed by atoms with Crippen LogP contribution in [-0.4, -0.2) is 23.5 Å². The van der Waals surface area contributed by atoms with E-state index < -0.39 is 0 Å². The number of hydrogen-bond donors (Lipinski definition) is 1. The maximum atomic E-state index is 6.35. The fourth-order valence-electron chi connectivity index (χ4n) is 2.95. The summed E-state index contributed by atoms with van der Waals surface area (Å²) in [6.45, 7) is 8.06. The molecule has 2 nitrogen and oxygen atoms in total. The Morgan fingerprint density at radius 1 is 1.22 bits per heavy atom. The van der Waals surface area contributed by atoms with Gasteiger partial charge in [0, 0.05) is 28.4 Å². The van der Waals surface area contributed by atoms with Gasteiger partial charge in [0.1, 0.15) is 0 Å². The summed E-state index contributed by atoms with van der Waals surface area (Å²) >= 11 is 1.97. The van der Waals surface area contributed by atoms with Gasteiger partial charge in [-0.1, -0.05) is 20.8 Å². The van der Waals surface area contributed by atoms with Crippen LogP contribution in [-0.2, 0) is 5.41 Å². The summed E-state index contributed by atoms with van der Waals surface area (Å²) in [6.07, 6.45) is 3.91. The number of rotatable bonds is 2. The van der Waals surface area contributed by atoms with E-state index in [0.717, 1.165) is 12.5 Å². The first kappa shape index (κ1) is 12.6. The first-order chi connectivity index (χ1) is 8.47. The topological polar surface area (TPSA) is 29.3 Å². The first-order valence-corrected chi connectivity index (χ1v) is 7.90. The van der Waals surface area contributed by atoms with Crippen LogP contribution < -0.4 is 5.73 Å². The van der Waals surface area contributed by atoms with Gasteiger partial charge in [-0.15, -0.1) is 11.3 Å². The van der Waals surface area contributed by atoms with Crippen LogP contribution in [0.3, 0.4) is 0 Å². The molecule has 1 aliphatic heterocycles. The standard InChI is InChI=1S/C15H24N2S/c1-15(2,3)13-7-6-12(18-13)14-11(16)8-9-17(14)10-4-5-10/h6-7,10-11,14H,4-5,8-9,16H2,1-3H3. The summed E-state index contributed by atoms with van der Waals surface area (Å²) in [5.41, 5.74) is 6.61. The van der Waals surface area contributed by atoms with Crippen LogP contribution in [0.25, 0.3) is 0 Å². The molecule has 2 unspecified atom stereocenters. The molecule has 0 spiro atoms. The zero-order valence-corrected chi connectivity index (χ0v) is 12.5. The number of thiophene rings is 1. The van der Waals surface area contributed by atoms with Crippen LogP contribution >= 0.6 is 11.3 Å². The van der Waals surface area contributed by atoms with E-state index in [1.807, 2.05) is 11.3 Å². The van der Waals surface area contributed by atoms with Crippen LogP contribution in [0, 0.1) is 0 Å². The molecule has 1 saturated carbocycles. The van der Waals surface area contributed by atoms with Crippen LogP contribution in [0.1, 0.15) is 55.8 Å². The van der Waals surface area contributed by atoms with Crippen molar-refractivity contribution in [3.05, 3.63) is 21.9 Å². The first-order valence-electron chi connectivity index (χ1n) is 7.08. The van der Waals surface area contributed by atoms with Crippen molar-refractivity contribution in [3.63, 3.8) is 0 Å². The lowest BCUT2D eigenvalue weighted by Gasteiger charge is -2.25. The molecule has 3 rings (SSSR count). The van der Waals surface area contributed by atoms with Crippen LogP contribution in [0.4, 0.5) is 0 Å². The Balaban J connectivity index is 1.86. The van der Waals surface area contributed by atoms with Crippen molar-refractivity contribution in [1.82, 2.24) is 4.90 Å². The molecule has 0 bridgehead atoms. The second-order valence-corrected chi connectivity index (χ2v) is 7.93. The highest BCUT2D eigenvalue weighted by molar-refractivity contribution is 7.12. The third kappa shape index (κ3) is 2.24. The van der Waals surface area contributed by atoms with Gasteiger partial charge in [0.25, 0.3) is 0 Å². The van der Waals surface area contributed by atoms with Crippen LogP contribution in [0.2, 0.25) is 0 Å². The van der Waals surface area contributed by atoms with Gasteiger partial charge in [-0.25, -0.2) is 0 Å². The molecule has 100 valence electrons. The monoisotopic (exact) mass is 264 g/mol. The highest BCUT2D eigenvalue weighted by Gasteiger charge is 2.42. The fourth-order valence-corrected chi connectivity index (χ4v) is 4.21. The number of likely N-dealkylation sites (tertiary alicyclic amines) is 1. The highest BCUT2D eigenvalue weighted by Crippen LogP contribution is 2.43. The van der Waals surface area contributed by atoms with Gasteiger partial charge in [0.05, 0.1) is 6.04 Å². The Morgan fingerprint density at radius 2 is 1.94 bits per heavy atom. The van der Waals surface area contributed by atoms with Gasteiger partial charge in [0.15, 0.2) is 0 Å². The minimum Gasteiger partial charge on any atom is -0.326 e. The zero-order chi connectivity index (χ0) is 12.9. The van der Waals surface area contributed by atoms with Gasteiger partial charge in [-0.3, -0.25) is 4.90 Å². The fraction of sp³-hybridized carbons (Fsp3) is 0.733. The maximum absolute atomic E-state index is 6.35. The molecule has 1 aromatic heterocycles. The Labute approximate surface area is 114 Å². The molecule has 1 aromatic rings.